The standard InChI is InChI=1S/C19H14N4O8/c1-29-18(25)15-6-5-12(31-15)10-22-17(24)13(21-19(22)26)9-11-3-2-4-14(23(27)28)16(11)30-8-7-20/h2-6,9H,8,10H2,1H3,(H,21,26)/b13-9-. The molecule has 12 nitrogen and oxygen atoms in total. The van der Waals surface area contributed by atoms with Crippen LogP contribution in [0.3, 0.4) is 0 Å². The lowest BCUT2D eigenvalue weighted by Gasteiger charge is -2.09. The Kier molecular flexibility index (Phi) is 5.97. The molecule has 1 aliphatic heterocycles. The van der Waals surface area contributed by atoms with Crippen LogP contribution in [0.5, 0.6) is 5.75 Å². The van der Waals surface area contributed by atoms with Gasteiger partial charge in [0.25, 0.3) is 5.91 Å². The summed E-state index contributed by atoms with van der Waals surface area (Å²) in [5, 5.41) is 22.3. The van der Waals surface area contributed by atoms with Gasteiger partial charge in [0.05, 0.1) is 18.6 Å². The molecule has 2 heterocycles. The highest BCUT2D eigenvalue weighted by Gasteiger charge is 2.35. The van der Waals surface area contributed by atoms with Crippen LogP contribution < -0.4 is 10.1 Å². The van der Waals surface area contributed by atoms with E-state index in [9.17, 15) is 24.5 Å². The van der Waals surface area contributed by atoms with Crippen LogP contribution in [0.25, 0.3) is 6.08 Å². The first-order valence-corrected chi connectivity index (χ1v) is 8.64. The predicted molar refractivity (Wildman–Crippen MR) is 101 cm³/mol. The maximum absolute atomic E-state index is 12.7. The Balaban J connectivity index is 1.87. The molecule has 0 bridgehead atoms. The van der Waals surface area contributed by atoms with E-state index < -0.39 is 35.1 Å². The average molecular weight is 426 g/mol. The quantitative estimate of drug-likeness (QED) is 0.229. The number of nitro benzene ring substituents is 1. The molecule has 31 heavy (non-hydrogen) atoms. The van der Waals surface area contributed by atoms with Gasteiger partial charge < -0.3 is 19.2 Å². The molecule has 1 fully saturated rings. The summed E-state index contributed by atoms with van der Waals surface area (Å²) in [6.45, 7) is -0.708. The van der Waals surface area contributed by atoms with Crippen LogP contribution in [-0.4, -0.2) is 41.4 Å². The van der Waals surface area contributed by atoms with E-state index in [-0.39, 0.29) is 35.1 Å². The number of para-hydroxylation sites is 1. The van der Waals surface area contributed by atoms with Crippen LogP contribution in [0.15, 0.2) is 40.4 Å². The van der Waals surface area contributed by atoms with Gasteiger partial charge in [-0.05, 0) is 18.2 Å². The van der Waals surface area contributed by atoms with Crippen LogP contribution in [0, 0.1) is 21.4 Å². The lowest BCUT2D eigenvalue weighted by Crippen LogP contribution is -2.30. The first-order chi connectivity index (χ1) is 14.8. The van der Waals surface area contributed by atoms with E-state index in [0.29, 0.717) is 0 Å². The van der Waals surface area contributed by atoms with Gasteiger partial charge in [-0.1, -0.05) is 12.1 Å². The SMILES string of the molecule is COC(=O)c1ccc(CN2C(=O)N/C(=C\c3cccc([N+](=O)[O-])c3OCC#N)C2=O)o1. The molecule has 0 aliphatic carbocycles. The maximum Gasteiger partial charge on any atom is 0.373 e. The molecule has 0 saturated carbocycles. The molecule has 3 amide bonds. The number of hydrogen-bond donors (Lipinski definition) is 1. The van der Waals surface area contributed by atoms with Gasteiger partial charge in [0.1, 0.15) is 17.5 Å². The third kappa shape index (κ3) is 4.35. The highest BCUT2D eigenvalue weighted by atomic mass is 16.6. The molecule has 3 rings (SSSR count). The van der Waals surface area contributed by atoms with Crippen molar-refractivity contribution < 1.29 is 33.2 Å². The number of urea groups is 1. The third-order valence-electron chi connectivity index (χ3n) is 4.13. The molecule has 1 aliphatic rings. The average Bonchev–Trinajstić information content (AvgIpc) is 3.32. The van der Waals surface area contributed by atoms with Crippen LogP contribution in [0.4, 0.5) is 10.5 Å². The zero-order valence-electron chi connectivity index (χ0n) is 16.0. The number of ether oxygens (including phenoxy) is 2. The Hall–Kier alpha value is -4.66. The second-order valence-corrected chi connectivity index (χ2v) is 6.04. The number of rotatable bonds is 7. The van der Waals surface area contributed by atoms with Gasteiger partial charge in [-0.15, -0.1) is 0 Å². The third-order valence-corrected chi connectivity index (χ3v) is 4.13. The Labute approximate surface area is 174 Å². The Morgan fingerprint density at radius 2 is 2.13 bits per heavy atom. The number of furan rings is 1. The van der Waals surface area contributed by atoms with Crippen molar-refractivity contribution in [1.29, 1.82) is 5.26 Å². The lowest BCUT2D eigenvalue weighted by atomic mass is 10.1. The molecule has 1 N–H and O–H groups in total. The molecule has 0 unspecified atom stereocenters. The van der Waals surface area contributed by atoms with Crippen molar-refractivity contribution in [3.8, 4) is 11.8 Å². The monoisotopic (exact) mass is 426 g/mol. The predicted octanol–water partition coefficient (Wildman–Crippen LogP) is 1.97. The second kappa shape index (κ2) is 8.78. The summed E-state index contributed by atoms with van der Waals surface area (Å²) < 4.78 is 15.0. The minimum Gasteiger partial charge on any atom is -0.471 e. The first kappa shape index (κ1) is 21.1. The summed E-state index contributed by atoms with van der Waals surface area (Å²) >= 11 is 0. The zero-order chi connectivity index (χ0) is 22.5. The molecule has 1 aromatic carbocycles. The number of nitrogens with one attached hydrogen (secondary N) is 1. The fourth-order valence-electron chi connectivity index (χ4n) is 2.76. The van der Waals surface area contributed by atoms with E-state index in [0.717, 1.165) is 4.90 Å². The van der Waals surface area contributed by atoms with Crippen molar-refractivity contribution in [3.63, 3.8) is 0 Å². The largest absolute Gasteiger partial charge is 0.471 e. The number of nitro groups is 1. The Morgan fingerprint density at radius 1 is 1.35 bits per heavy atom. The number of imide groups is 1. The molecule has 1 aromatic heterocycles. The number of benzene rings is 1. The van der Waals surface area contributed by atoms with Crippen molar-refractivity contribution in [3.05, 3.63) is 63.2 Å². The first-order valence-electron chi connectivity index (χ1n) is 8.64. The van der Waals surface area contributed by atoms with Gasteiger partial charge >= 0.3 is 17.7 Å². The summed E-state index contributed by atoms with van der Waals surface area (Å²) in [4.78, 5) is 47.8. The fraction of sp³-hybridized carbons (Fsp3) is 0.158. The molecule has 12 heteroatoms. The van der Waals surface area contributed by atoms with E-state index in [2.05, 4.69) is 10.1 Å². The summed E-state index contributed by atoms with van der Waals surface area (Å²) in [7, 11) is 1.18. The molecular weight excluding hydrogens is 412 g/mol. The van der Waals surface area contributed by atoms with Gasteiger partial charge in [-0.25, -0.2) is 9.59 Å². The number of esters is 1. The van der Waals surface area contributed by atoms with E-state index >= 15 is 0 Å². The number of hydrogen-bond acceptors (Lipinski definition) is 9. The Morgan fingerprint density at radius 3 is 2.81 bits per heavy atom. The van der Waals surface area contributed by atoms with Gasteiger partial charge in [0.2, 0.25) is 11.5 Å². The van der Waals surface area contributed by atoms with E-state index in [1.165, 1.54) is 43.5 Å². The van der Waals surface area contributed by atoms with Crippen molar-refractivity contribution >= 4 is 29.7 Å². The number of methoxy groups -OCH3 is 1. The molecule has 2 aromatic rings. The smallest absolute Gasteiger partial charge is 0.373 e. The van der Waals surface area contributed by atoms with Crippen molar-refractivity contribution in [2.24, 2.45) is 0 Å². The normalized spacial score (nSPS) is 14.3. The highest BCUT2D eigenvalue weighted by Crippen LogP contribution is 2.33. The molecule has 0 radical (unpaired) electrons. The molecule has 158 valence electrons. The van der Waals surface area contributed by atoms with E-state index in [1.54, 1.807) is 6.07 Å². The summed E-state index contributed by atoms with van der Waals surface area (Å²) in [5.41, 5.74) is -0.433. The number of carbonyl (C=O) groups is 3. The van der Waals surface area contributed by atoms with Crippen LogP contribution in [-0.2, 0) is 16.1 Å². The van der Waals surface area contributed by atoms with Crippen molar-refractivity contribution in [1.82, 2.24) is 10.2 Å². The molecule has 1 saturated heterocycles. The number of nitrogens with zero attached hydrogens (tertiary/aromatic N) is 3. The van der Waals surface area contributed by atoms with Gasteiger partial charge in [0, 0.05) is 11.6 Å². The lowest BCUT2D eigenvalue weighted by molar-refractivity contribution is -0.385. The van der Waals surface area contributed by atoms with Crippen LogP contribution in [0.2, 0.25) is 0 Å². The maximum atomic E-state index is 12.7. The van der Waals surface area contributed by atoms with Crippen molar-refractivity contribution in [2.45, 2.75) is 6.54 Å². The van der Waals surface area contributed by atoms with Gasteiger partial charge in [-0.2, -0.15) is 5.26 Å². The fourth-order valence-corrected chi connectivity index (χ4v) is 2.76. The number of amides is 3. The second-order valence-electron chi connectivity index (χ2n) is 6.04. The summed E-state index contributed by atoms with van der Waals surface area (Å²) in [5.74, 6) is -1.57. The highest BCUT2D eigenvalue weighted by molar-refractivity contribution is 6.14. The number of nitriles is 1. The summed E-state index contributed by atoms with van der Waals surface area (Å²) in [6.07, 6.45) is 1.21. The summed E-state index contributed by atoms with van der Waals surface area (Å²) in [6, 6.07) is 7.72. The minimum atomic E-state index is -0.753. The minimum absolute atomic E-state index is 0.0869. The Bertz CT molecular complexity index is 1140. The topological polar surface area (TPSA) is 165 Å². The van der Waals surface area contributed by atoms with Gasteiger partial charge in [-0.3, -0.25) is 19.8 Å². The van der Waals surface area contributed by atoms with E-state index in [4.69, 9.17) is 14.4 Å². The molecule has 0 atom stereocenters. The van der Waals surface area contributed by atoms with Crippen LogP contribution in [0.1, 0.15) is 21.9 Å². The molecule has 0 spiro atoms. The van der Waals surface area contributed by atoms with Crippen LogP contribution >= 0.6 is 0 Å². The van der Waals surface area contributed by atoms with Gasteiger partial charge in [0.15, 0.2) is 6.61 Å². The number of carbonyl (C=O) groups excluding carboxylic acids is 3. The zero-order valence-corrected chi connectivity index (χ0v) is 16.0. The van der Waals surface area contributed by atoms with E-state index in [1.807, 2.05) is 0 Å². The molecular formula is C19H14N4O8. The van der Waals surface area contributed by atoms with Crippen molar-refractivity contribution in [2.75, 3.05) is 13.7 Å².